The molecule has 2 aromatic rings. The summed E-state index contributed by atoms with van der Waals surface area (Å²) >= 11 is 3.56. The predicted molar refractivity (Wildman–Crippen MR) is 98.6 cm³/mol. The molecule has 0 unspecified atom stereocenters. The van der Waals surface area contributed by atoms with Crippen molar-refractivity contribution in [3.05, 3.63) is 40.0 Å². The number of rotatable bonds is 3. The molecule has 1 aromatic carbocycles. The maximum Gasteiger partial charge on any atom is 0.229 e. The summed E-state index contributed by atoms with van der Waals surface area (Å²) in [5.74, 6) is 1.65. The maximum atomic E-state index is 4.70. The number of nitrogens with one attached hydrogen (secondary N) is 1. The van der Waals surface area contributed by atoms with Crippen LogP contribution in [0.5, 0.6) is 0 Å². The van der Waals surface area contributed by atoms with Crippen LogP contribution in [0, 0.1) is 13.8 Å². The van der Waals surface area contributed by atoms with Crippen molar-refractivity contribution in [3.8, 4) is 0 Å². The Morgan fingerprint density at radius 1 is 1.04 bits per heavy atom. The number of piperazine rings is 1. The highest BCUT2D eigenvalue weighted by Crippen LogP contribution is 2.24. The highest BCUT2D eigenvalue weighted by molar-refractivity contribution is 9.10. The summed E-state index contributed by atoms with van der Waals surface area (Å²) in [6.45, 7) is 8.22. The van der Waals surface area contributed by atoms with Crippen LogP contribution in [0.25, 0.3) is 0 Å². The number of hydrogen-bond acceptors (Lipinski definition) is 5. The van der Waals surface area contributed by atoms with Crippen molar-refractivity contribution in [2.24, 2.45) is 0 Å². The van der Waals surface area contributed by atoms with E-state index >= 15 is 0 Å². The number of benzene rings is 1. The van der Waals surface area contributed by atoms with Crippen LogP contribution in [0.1, 0.15) is 11.3 Å². The largest absolute Gasteiger partial charge is 0.354 e. The molecule has 0 radical (unpaired) electrons. The Morgan fingerprint density at radius 3 is 2.48 bits per heavy atom. The first-order valence-electron chi connectivity index (χ1n) is 7.83. The number of halogens is 1. The number of aromatic nitrogens is 2. The molecule has 5 nitrogen and oxygen atoms in total. The lowest BCUT2D eigenvalue weighted by Gasteiger charge is -2.33. The second kappa shape index (κ2) is 6.84. The third-order valence-electron chi connectivity index (χ3n) is 4.10. The van der Waals surface area contributed by atoms with Gasteiger partial charge < -0.3 is 15.1 Å². The second-order valence-corrected chi connectivity index (χ2v) is 6.92. The minimum atomic E-state index is 0.648. The van der Waals surface area contributed by atoms with E-state index in [9.17, 15) is 0 Å². The molecule has 1 fully saturated rings. The van der Waals surface area contributed by atoms with E-state index in [0.29, 0.717) is 5.95 Å². The molecule has 0 bridgehead atoms. The summed E-state index contributed by atoms with van der Waals surface area (Å²) in [6.07, 6.45) is 0. The first-order chi connectivity index (χ1) is 11.0. The van der Waals surface area contributed by atoms with Crippen molar-refractivity contribution in [1.29, 1.82) is 0 Å². The fourth-order valence-electron chi connectivity index (χ4n) is 2.61. The van der Waals surface area contributed by atoms with Crippen molar-refractivity contribution in [2.75, 3.05) is 43.4 Å². The number of hydrogen-bond donors (Lipinski definition) is 1. The summed E-state index contributed by atoms with van der Waals surface area (Å²) in [7, 11) is 2.16. The Morgan fingerprint density at radius 2 is 1.78 bits per heavy atom. The van der Waals surface area contributed by atoms with Gasteiger partial charge in [-0.1, -0.05) is 22.0 Å². The molecule has 2 heterocycles. The number of nitrogens with zero attached hydrogens (tertiary/aromatic N) is 4. The fraction of sp³-hybridized carbons (Fsp3) is 0.412. The van der Waals surface area contributed by atoms with E-state index in [1.807, 2.05) is 13.0 Å². The van der Waals surface area contributed by atoms with Crippen LogP contribution in [-0.2, 0) is 0 Å². The van der Waals surface area contributed by atoms with Gasteiger partial charge in [-0.3, -0.25) is 0 Å². The van der Waals surface area contributed by atoms with Crippen LogP contribution < -0.4 is 10.2 Å². The van der Waals surface area contributed by atoms with Crippen molar-refractivity contribution in [2.45, 2.75) is 13.8 Å². The minimum Gasteiger partial charge on any atom is -0.354 e. The summed E-state index contributed by atoms with van der Waals surface area (Å²) in [5, 5.41) is 3.31. The molecule has 3 rings (SSSR count). The van der Waals surface area contributed by atoms with E-state index in [4.69, 9.17) is 4.98 Å². The number of likely N-dealkylation sites (N-methyl/N-ethyl adjacent to an activating group) is 1. The van der Waals surface area contributed by atoms with Crippen LogP contribution in [-0.4, -0.2) is 48.1 Å². The SMILES string of the molecule is Cc1cc(N2CCN(C)CC2)nc(Nc2ccc(C)c(Br)c2)n1. The van der Waals surface area contributed by atoms with E-state index in [1.165, 1.54) is 5.56 Å². The van der Waals surface area contributed by atoms with Crippen LogP contribution in [0.15, 0.2) is 28.7 Å². The van der Waals surface area contributed by atoms with Gasteiger partial charge in [0.1, 0.15) is 5.82 Å². The first kappa shape index (κ1) is 16.2. The van der Waals surface area contributed by atoms with Gasteiger partial charge in [-0.05, 0) is 38.6 Å². The molecule has 1 aliphatic rings. The van der Waals surface area contributed by atoms with Crippen molar-refractivity contribution in [3.63, 3.8) is 0 Å². The molecule has 1 aliphatic heterocycles. The maximum absolute atomic E-state index is 4.70. The molecule has 1 aromatic heterocycles. The Hall–Kier alpha value is -1.66. The lowest BCUT2D eigenvalue weighted by atomic mass is 10.2. The molecular weight excluding hydrogens is 354 g/mol. The standard InChI is InChI=1S/C17H22BrN5/c1-12-4-5-14(11-15(12)18)20-17-19-13(2)10-16(21-17)23-8-6-22(3)7-9-23/h4-5,10-11H,6-9H2,1-3H3,(H,19,20,21). The summed E-state index contributed by atoms with van der Waals surface area (Å²) < 4.78 is 1.08. The molecule has 0 atom stereocenters. The minimum absolute atomic E-state index is 0.648. The lowest BCUT2D eigenvalue weighted by molar-refractivity contribution is 0.312. The molecule has 1 N–H and O–H groups in total. The van der Waals surface area contributed by atoms with E-state index in [1.54, 1.807) is 0 Å². The quantitative estimate of drug-likeness (QED) is 0.890. The van der Waals surface area contributed by atoms with Crippen LogP contribution in [0.3, 0.4) is 0 Å². The first-order valence-corrected chi connectivity index (χ1v) is 8.63. The summed E-state index contributed by atoms with van der Waals surface area (Å²) in [4.78, 5) is 13.9. The van der Waals surface area contributed by atoms with Gasteiger partial charge in [0, 0.05) is 48.1 Å². The van der Waals surface area contributed by atoms with Gasteiger partial charge in [-0.15, -0.1) is 0 Å². The summed E-state index contributed by atoms with van der Waals surface area (Å²) in [5.41, 5.74) is 3.17. The molecule has 6 heteroatoms. The van der Waals surface area contributed by atoms with E-state index < -0.39 is 0 Å². The van der Waals surface area contributed by atoms with Crippen LogP contribution >= 0.6 is 15.9 Å². The zero-order chi connectivity index (χ0) is 16.4. The molecule has 122 valence electrons. The molecule has 0 spiro atoms. The zero-order valence-electron chi connectivity index (χ0n) is 13.8. The molecule has 23 heavy (non-hydrogen) atoms. The van der Waals surface area contributed by atoms with Crippen molar-refractivity contribution >= 4 is 33.4 Å². The smallest absolute Gasteiger partial charge is 0.229 e. The predicted octanol–water partition coefficient (Wildman–Crippen LogP) is 3.35. The van der Waals surface area contributed by atoms with Gasteiger partial charge in [0.05, 0.1) is 0 Å². The van der Waals surface area contributed by atoms with Gasteiger partial charge in [-0.2, -0.15) is 4.98 Å². The van der Waals surface area contributed by atoms with Gasteiger partial charge >= 0.3 is 0 Å². The topological polar surface area (TPSA) is 44.3 Å². The Labute approximate surface area is 145 Å². The monoisotopic (exact) mass is 375 g/mol. The summed E-state index contributed by atoms with van der Waals surface area (Å²) in [6, 6.07) is 8.23. The highest BCUT2D eigenvalue weighted by atomic mass is 79.9. The van der Waals surface area contributed by atoms with E-state index in [2.05, 4.69) is 68.2 Å². The highest BCUT2D eigenvalue weighted by Gasteiger charge is 2.16. The Kier molecular flexibility index (Phi) is 4.82. The fourth-order valence-corrected chi connectivity index (χ4v) is 2.98. The van der Waals surface area contributed by atoms with Crippen molar-refractivity contribution < 1.29 is 0 Å². The number of anilines is 3. The van der Waals surface area contributed by atoms with Crippen LogP contribution in [0.4, 0.5) is 17.5 Å². The third-order valence-corrected chi connectivity index (χ3v) is 4.95. The van der Waals surface area contributed by atoms with Gasteiger partial charge in [-0.25, -0.2) is 4.98 Å². The lowest BCUT2D eigenvalue weighted by Crippen LogP contribution is -2.44. The number of aryl methyl sites for hydroxylation is 2. The molecule has 0 amide bonds. The normalized spacial score (nSPS) is 15.7. The average Bonchev–Trinajstić information content (AvgIpc) is 2.51. The Balaban J connectivity index is 1.81. The van der Waals surface area contributed by atoms with E-state index in [0.717, 1.165) is 47.9 Å². The second-order valence-electron chi connectivity index (χ2n) is 6.07. The molecule has 0 saturated carbocycles. The molecular formula is C17H22BrN5. The zero-order valence-corrected chi connectivity index (χ0v) is 15.4. The van der Waals surface area contributed by atoms with Crippen molar-refractivity contribution in [1.82, 2.24) is 14.9 Å². The Bertz CT molecular complexity index is 695. The van der Waals surface area contributed by atoms with Gasteiger partial charge in [0.2, 0.25) is 5.95 Å². The third kappa shape index (κ3) is 4.00. The van der Waals surface area contributed by atoms with Gasteiger partial charge in [0.25, 0.3) is 0 Å². The van der Waals surface area contributed by atoms with Crippen LogP contribution in [0.2, 0.25) is 0 Å². The molecule has 1 saturated heterocycles. The average molecular weight is 376 g/mol. The van der Waals surface area contributed by atoms with E-state index in [-0.39, 0.29) is 0 Å². The van der Waals surface area contributed by atoms with Gasteiger partial charge in [0.15, 0.2) is 0 Å². The molecule has 0 aliphatic carbocycles.